The Bertz CT molecular complexity index is 195. The molecule has 0 aliphatic heterocycles. The first kappa shape index (κ1) is 11.0. The quantitative estimate of drug-likeness (QED) is 0.650. The summed E-state index contributed by atoms with van der Waals surface area (Å²) < 4.78 is 11.4. The van der Waals surface area contributed by atoms with E-state index < -0.39 is 8.56 Å². The summed E-state index contributed by atoms with van der Waals surface area (Å²) in [6, 6.07) is 0. The fourth-order valence-electron chi connectivity index (χ4n) is 2.18. The summed E-state index contributed by atoms with van der Waals surface area (Å²) in [6.07, 6.45) is 5.96. The van der Waals surface area contributed by atoms with Crippen LogP contribution >= 0.6 is 0 Å². The van der Waals surface area contributed by atoms with Crippen LogP contribution < -0.4 is 0 Å². The van der Waals surface area contributed by atoms with E-state index in [-0.39, 0.29) is 0 Å². The molecule has 0 radical (unpaired) electrons. The van der Waals surface area contributed by atoms with Gasteiger partial charge < -0.3 is 8.85 Å². The Kier molecular flexibility index (Phi) is 3.70. The minimum absolute atomic E-state index is 0.492. The lowest BCUT2D eigenvalue weighted by atomic mass is 10.4. The van der Waals surface area contributed by atoms with Gasteiger partial charge in [-0.05, 0) is 24.5 Å². The fourth-order valence-corrected chi connectivity index (χ4v) is 5.50. The summed E-state index contributed by atoms with van der Waals surface area (Å²) in [6.45, 7) is 4.39. The van der Waals surface area contributed by atoms with Crippen LogP contribution in [0, 0.1) is 0 Å². The average Bonchev–Trinajstić information content (AvgIpc) is 2.60. The Morgan fingerprint density at radius 1 is 1.31 bits per heavy atom. The predicted octanol–water partition coefficient (Wildman–Crippen LogP) is 2.78. The highest BCUT2D eigenvalue weighted by atomic mass is 28.4. The molecule has 0 saturated carbocycles. The molecular weight excluding hydrogens is 180 g/mol. The molecule has 2 nitrogen and oxygen atoms in total. The SMILES string of the molecule is CO[Si](OC)(C1=CCCC1)C(C)C. The highest BCUT2D eigenvalue weighted by Gasteiger charge is 2.44. The van der Waals surface area contributed by atoms with E-state index >= 15 is 0 Å². The van der Waals surface area contributed by atoms with Gasteiger partial charge in [-0.15, -0.1) is 0 Å². The molecule has 0 N–H and O–H groups in total. The molecule has 0 unspecified atom stereocenters. The predicted molar refractivity (Wildman–Crippen MR) is 56.8 cm³/mol. The zero-order valence-electron chi connectivity index (χ0n) is 9.09. The van der Waals surface area contributed by atoms with Gasteiger partial charge >= 0.3 is 8.56 Å². The van der Waals surface area contributed by atoms with E-state index in [2.05, 4.69) is 19.9 Å². The first-order valence-corrected chi connectivity index (χ1v) is 6.86. The molecule has 0 atom stereocenters. The van der Waals surface area contributed by atoms with E-state index in [0.29, 0.717) is 5.54 Å². The Labute approximate surface area is 82.2 Å². The standard InChI is InChI=1S/C10H20O2Si/c1-9(2)13(11-3,12-4)10-7-5-6-8-10/h7,9H,5-6,8H2,1-4H3. The van der Waals surface area contributed by atoms with Crippen LogP contribution in [-0.4, -0.2) is 22.8 Å². The zero-order valence-corrected chi connectivity index (χ0v) is 10.1. The van der Waals surface area contributed by atoms with Gasteiger partial charge in [-0.25, -0.2) is 0 Å². The molecule has 13 heavy (non-hydrogen) atoms. The molecular formula is C10H20O2Si. The lowest BCUT2D eigenvalue weighted by molar-refractivity contribution is 0.242. The number of hydrogen-bond donors (Lipinski definition) is 0. The van der Waals surface area contributed by atoms with Crippen molar-refractivity contribution in [3.63, 3.8) is 0 Å². The van der Waals surface area contributed by atoms with Crippen molar-refractivity contribution in [1.29, 1.82) is 0 Å². The summed E-state index contributed by atoms with van der Waals surface area (Å²) in [4.78, 5) is 0. The van der Waals surface area contributed by atoms with Gasteiger partial charge in [-0.1, -0.05) is 19.9 Å². The summed E-state index contributed by atoms with van der Waals surface area (Å²) in [7, 11) is 1.55. The van der Waals surface area contributed by atoms with E-state index in [4.69, 9.17) is 8.85 Å². The Hall–Kier alpha value is -0.123. The van der Waals surface area contributed by atoms with Crippen LogP contribution in [0.2, 0.25) is 5.54 Å². The van der Waals surface area contributed by atoms with Crippen molar-refractivity contribution in [3.05, 3.63) is 11.3 Å². The van der Waals surface area contributed by atoms with E-state index in [9.17, 15) is 0 Å². The lowest BCUT2D eigenvalue weighted by Gasteiger charge is -2.32. The van der Waals surface area contributed by atoms with E-state index in [0.717, 1.165) is 0 Å². The summed E-state index contributed by atoms with van der Waals surface area (Å²) in [5, 5.41) is 1.45. The van der Waals surface area contributed by atoms with Crippen LogP contribution in [0.15, 0.2) is 11.3 Å². The monoisotopic (exact) mass is 200 g/mol. The molecule has 0 amide bonds. The van der Waals surface area contributed by atoms with E-state index in [1.54, 1.807) is 14.2 Å². The van der Waals surface area contributed by atoms with Gasteiger partial charge in [0.15, 0.2) is 0 Å². The average molecular weight is 200 g/mol. The Morgan fingerprint density at radius 3 is 2.23 bits per heavy atom. The maximum atomic E-state index is 5.68. The van der Waals surface area contributed by atoms with E-state index in [1.165, 1.54) is 24.5 Å². The smallest absolute Gasteiger partial charge is 0.370 e. The molecule has 0 spiro atoms. The van der Waals surface area contributed by atoms with Crippen LogP contribution in [0.25, 0.3) is 0 Å². The van der Waals surface area contributed by atoms with Crippen molar-refractivity contribution in [2.45, 2.75) is 38.7 Å². The first-order valence-electron chi connectivity index (χ1n) is 4.97. The van der Waals surface area contributed by atoms with Crippen LogP contribution in [-0.2, 0) is 8.85 Å². The Balaban J connectivity index is 2.87. The molecule has 0 bridgehead atoms. The molecule has 1 rings (SSSR count). The van der Waals surface area contributed by atoms with Crippen LogP contribution in [0.5, 0.6) is 0 Å². The summed E-state index contributed by atoms with van der Waals surface area (Å²) in [5.74, 6) is 0. The molecule has 0 saturated heterocycles. The molecule has 76 valence electrons. The highest BCUT2D eigenvalue weighted by Crippen LogP contribution is 2.35. The number of allylic oxidation sites excluding steroid dienone is 2. The highest BCUT2D eigenvalue weighted by molar-refractivity contribution is 6.76. The third-order valence-electron chi connectivity index (χ3n) is 2.86. The topological polar surface area (TPSA) is 18.5 Å². The zero-order chi connectivity index (χ0) is 9.90. The van der Waals surface area contributed by atoms with E-state index in [1.807, 2.05) is 0 Å². The third kappa shape index (κ3) is 1.87. The van der Waals surface area contributed by atoms with Crippen molar-refractivity contribution in [2.75, 3.05) is 14.2 Å². The number of rotatable bonds is 4. The fraction of sp³-hybridized carbons (Fsp3) is 0.800. The van der Waals surface area contributed by atoms with Crippen molar-refractivity contribution in [1.82, 2.24) is 0 Å². The molecule has 1 aliphatic carbocycles. The van der Waals surface area contributed by atoms with Crippen LogP contribution in [0.1, 0.15) is 33.1 Å². The second kappa shape index (κ2) is 4.40. The normalized spacial score (nSPS) is 18.1. The lowest BCUT2D eigenvalue weighted by Crippen LogP contribution is -2.45. The number of hydrogen-bond acceptors (Lipinski definition) is 2. The van der Waals surface area contributed by atoms with Gasteiger partial charge in [0.2, 0.25) is 0 Å². The van der Waals surface area contributed by atoms with Crippen molar-refractivity contribution in [3.8, 4) is 0 Å². The largest absolute Gasteiger partial charge is 0.394 e. The van der Waals surface area contributed by atoms with Crippen molar-refractivity contribution < 1.29 is 8.85 Å². The molecule has 3 heteroatoms. The van der Waals surface area contributed by atoms with Crippen molar-refractivity contribution >= 4 is 8.56 Å². The Morgan fingerprint density at radius 2 is 1.92 bits per heavy atom. The van der Waals surface area contributed by atoms with Crippen LogP contribution in [0.4, 0.5) is 0 Å². The maximum Gasteiger partial charge on any atom is 0.370 e. The maximum absolute atomic E-state index is 5.68. The molecule has 0 heterocycles. The van der Waals surface area contributed by atoms with Crippen molar-refractivity contribution in [2.24, 2.45) is 0 Å². The van der Waals surface area contributed by atoms with Gasteiger partial charge in [0.05, 0.1) is 0 Å². The van der Waals surface area contributed by atoms with Gasteiger partial charge in [-0.3, -0.25) is 0 Å². The summed E-state index contributed by atoms with van der Waals surface area (Å²) >= 11 is 0. The van der Waals surface area contributed by atoms with Gasteiger partial charge in [0, 0.05) is 19.8 Å². The van der Waals surface area contributed by atoms with Crippen LogP contribution in [0.3, 0.4) is 0 Å². The minimum atomic E-state index is -2.03. The van der Waals surface area contributed by atoms with Gasteiger partial charge in [0.1, 0.15) is 0 Å². The second-order valence-electron chi connectivity index (χ2n) is 3.85. The molecule has 1 aliphatic rings. The molecule has 0 aromatic rings. The first-order chi connectivity index (χ1) is 6.17. The summed E-state index contributed by atoms with van der Waals surface area (Å²) in [5.41, 5.74) is 0.492. The third-order valence-corrected chi connectivity index (χ3v) is 6.94. The van der Waals surface area contributed by atoms with Gasteiger partial charge in [-0.2, -0.15) is 0 Å². The second-order valence-corrected chi connectivity index (χ2v) is 7.80. The molecule has 0 fully saturated rings. The molecule has 0 aromatic carbocycles. The molecule has 0 aromatic heterocycles. The van der Waals surface area contributed by atoms with Gasteiger partial charge in [0.25, 0.3) is 0 Å². The minimum Gasteiger partial charge on any atom is -0.394 e.